The lowest BCUT2D eigenvalue weighted by molar-refractivity contribution is -0.143. The van der Waals surface area contributed by atoms with E-state index in [0.717, 1.165) is 19.3 Å². The first-order valence-corrected chi connectivity index (χ1v) is 6.03. The summed E-state index contributed by atoms with van der Waals surface area (Å²) in [6, 6.07) is 8.41. The second-order valence-electron chi connectivity index (χ2n) is 4.90. The summed E-state index contributed by atoms with van der Waals surface area (Å²) in [5.41, 5.74) is 8.50. The standard InChI is InChI=1S/C14H19NO2/c1-17-13(16)9-14(10-15)7-6-11-4-2-3-5-12(11)8-14/h2-5H,6-10,15H2,1H3. The van der Waals surface area contributed by atoms with Crippen LogP contribution in [0, 0.1) is 5.41 Å². The number of carbonyl (C=O) groups is 1. The normalized spacial score (nSPS) is 22.9. The van der Waals surface area contributed by atoms with Gasteiger partial charge in [-0.3, -0.25) is 4.79 Å². The summed E-state index contributed by atoms with van der Waals surface area (Å²) >= 11 is 0. The SMILES string of the molecule is COC(=O)CC1(CN)CCc2ccccc2C1. The zero-order valence-corrected chi connectivity index (χ0v) is 10.2. The van der Waals surface area contributed by atoms with Gasteiger partial charge in [0.2, 0.25) is 0 Å². The van der Waals surface area contributed by atoms with Gasteiger partial charge in [-0.05, 0) is 42.3 Å². The minimum Gasteiger partial charge on any atom is -0.469 e. The molecule has 0 saturated heterocycles. The number of nitrogens with two attached hydrogens (primary N) is 1. The Balaban J connectivity index is 2.20. The molecule has 0 fully saturated rings. The van der Waals surface area contributed by atoms with Crippen molar-refractivity contribution >= 4 is 5.97 Å². The van der Waals surface area contributed by atoms with Crippen LogP contribution < -0.4 is 5.73 Å². The van der Waals surface area contributed by atoms with Crippen molar-refractivity contribution < 1.29 is 9.53 Å². The molecule has 92 valence electrons. The van der Waals surface area contributed by atoms with E-state index >= 15 is 0 Å². The molecule has 2 rings (SSSR count). The predicted molar refractivity (Wildman–Crippen MR) is 66.6 cm³/mol. The van der Waals surface area contributed by atoms with Gasteiger partial charge in [-0.1, -0.05) is 24.3 Å². The number of methoxy groups -OCH3 is 1. The van der Waals surface area contributed by atoms with Crippen molar-refractivity contribution in [1.29, 1.82) is 0 Å². The van der Waals surface area contributed by atoms with Crippen LogP contribution in [-0.4, -0.2) is 19.6 Å². The Bertz CT molecular complexity index is 416. The quantitative estimate of drug-likeness (QED) is 0.808. The van der Waals surface area contributed by atoms with Gasteiger partial charge < -0.3 is 10.5 Å². The Kier molecular flexibility index (Phi) is 3.48. The molecular weight excluding hydrogens is 214 g/mol. The van der Waals surface area contributed by atoms with Gasteiger partial charge >= 0.3 is 5.97 Å². The van der Waals surface area contributed by atoms with E-state index in [9.17, 15) is 4.79 Å². The number of benzene rings is 1. The number of hydrogen-bond donors (Lipinski definition) is 1. The van der Waals surface area contributed by atoms with Gasteiger partial charge in [0.15, 0.2) is 0 Å². The van der Waals surface area contributed by atoms with Gasteiger partial charge in [0.25, 0.3) is 0 Å². The fraction of sp³-hybridized carbons (Fsp3) is 0.500. The Hall–Kier alpha value is -1.35. The summed E-state index contributed by atoms with van der Waals surface area (Å²) < 4.78 is 4.77. The molecule has 1 aromatic carbocycles. The maximum absolute atomic E-state index is 11.5. The van der Waals surface area contributed by atoms with Crippen molar-refractivity contribution in [2.75, 3.05) is 13.7 Å². The van der Waals surface area contributed by atoms with Gasteiger partial charge in [0.05, 0.1) is 13.5 Å². The Labute approximate surface area is 102 Å². The van der Waals surface area contributed by atoms with Crippen LogP contribution >= 0.6 is 0 Å². The van der Waals surface area contributed by atoms with Gasteiger partial charge in [-0.25, -0.2) is 0 Å². The van der Waals surface area contributed by atoms with Gasteiger partial charge in [0.1, 0.15) is 0 Å². The molecule has 1 unspecified atom stereocenters. The largest absolute Gasteiger partial charge is 0.469 e. The van der Waals surface area contributed by atoms with Crippen molar-refractivity contribution in [1.82, 2.24) is 0 Å². The van der Waals surface area contributed by atoms with Crippen molar-refractivity contribution in [2.45, 2.75) is 25.7 Å². The lowest BCUT2D eigenvalue weighted by Crippen LogP contribution is -2.38. The minimum absolute atomic E-state index is 0.110. The number of carbonyl (C=O) groups excluding carboxylic acids is 1. The molecule has 0 heterocycles. The molecule has 2 N–H and O–H groups in total. The topological polar surface area (TPSA) is 52.3 Å². The molecule has 17 heavy (non-hydrogen) atoms. The number of esters is 1. The molecule has 3 heteroatoms. The Morgan fingerprint density at radius 3 is 2.76 bits per heavy atom. The monoisotopic (exact) mass is 233 g/mol. The molecule has 0 spiro atoms. The molecule has 0 aromatic heterocycles. The first-order chi connectivity index (χ1) is 8.19. The Morgan fingerprint density at radius 2 is 2.12 bits per heavy atom. The van der Waals surface area contributed by atoms with E-state index in [2.05, 4.69) is 18.2 Å². The average molecular weight is 233 g/mol. The van der Waals surface area contributed by atoms with Crippen LogP contribution in [0.2, 0.25) is 0 Å². The first kappa shape index (κ1) is 12.1. The summed E-state index contributed by atoms with van der Waals surface area (Å²) in [5.74, 6) is -0.158. The molecule has 1 aliphatic carbocycles. The fourth-order valence-electron chi connectivity index (χ4n) is 2.64. The van der Waals surface area contributed by atoms with Crippen LogP contribution in [-0.2, 0) is 22.4 Å². The third kappa shape index (κ3) is 2.50. The number of ether oxygens (including phenoxy) is 1. The summed E-state index contributed by atoms with van der Waals surface area (Å²) in [7, 11) is 1.43. The minimum atomic E-state index is -0.158. The number of hydrogen-bond acceptors (Lipinski definition) is 3. The Morgan fingerprint density at radius 1 is 1.41 bits per heavy atom. The van der Waals surface area contributed by atoms with Gasteiger partial charge in [0, 0.05) is 0 Å². The molecular formula is C14H19NO2. The van der Waals surface area contributed by atoms with E-state index in [0.29, 0.717) is 13.0 Å². The number of fused-ring (bicyclic) bond motifs is 1. The van der Waals surface area contributed by atoms with Crippen LogP contribution in [0.3, 0.4) is 0 Å². The van der Waals surface area contributed by atoms with Crippen LogP contribution in [0.4, 0.5) is 0 Å². The predicted octanol–water partition coefficient (Wildman–Crippen LogP) is 1.68. The lowest BCUT2D eigenvalue weighted by Gasteiger charge is -2.36. The van der Waals surface area contributed by atoms with Crippen molar-refractivity contribution in [3.8, 4) is 0 Å². The number of aryl methyl sites for hydroxylation is 1. The zero-order chi connectivity index (χ0) is 12.3. The summed E-state index contributed by atoms with van der Waals surface area (Å²) in [5, 5.41) is 0. The van der Waals surface area contributed by atoms with Crippen molar-refractivity contribution in [3.05, 3.63) is 35.4 Å². The van der Waals surface area contributed by atoms with Crippen molar-refractivity contribution in [2.24, 2.45) is 11.1 Å². The smallest absolute Gasteiger partial charge is 0.306 e. The number of rotatable bonds is 3. The summed E-state index contributed by atoms with van der Waals surface area (Å²) in [4.78, 5) is 11.5. The van der Waals surface area contributed by atoms with E-state index in [1.807, 2.05) is 6.07 Å². The summed E-state index contributed by atoms with van der Waals surface area (Å²) in [6.45, 7) is 0.538. The van der Waals surface area contributed by atoms with Crippen LogP contribution in [0.15, 0.2) is 24.3 Å². The second kappa shape index (κ2) is 4.88. The fourth-order valence-corrected chi connectivity index (χ4v) is 2.64. The van der Waals surface area contributed by atoms with E-state index in [1.165, 1.54) is 18.2 Å². The maximum atomic E-state index is 11.5. The highest BCUT2D eigenvalue weighted by atomic mass is 16.5. The second-order valence-corrected chi connectivity index (χ2v) is 4.90. The van der Waals surface area contributed by atoms with Gasteiger partial charge in [-0.15, -0.1) is 0 Å². The third-order valence-corrected chi connectivity index (χ3v) is 3.79. The highest BCUT2D eigenvalue weighted by Crippen LogP contribution is 2.37. The van der Waals surface area contributed by atoms with Gasteiger partial charge in [-0.2, -0.15) is 0 Å². The molecule has 0 amide bonds. The third-order valence-electron chi connectivity index (χ3n) is 3.79. The lowest BCUT2D eigenvalue weighted by atomic mass is 9.69. The summed E-state index contributed by atoms with van der Waals surface area (Å²) in [6.07, 6.45) is 3.28. The molecule has 1 atom stereocenters. The average Bonchev–Trinajstić information content (AvgIpc) is 2.38. The molecule has 0 saturated carbocycles. The molecule has 0 radical (unpaired) electrons. The van der Waals surface area contributed by atoms with Crippen LogP contribution in [0.5, 0.6) is 0 Å². The van der Waals surface area contributed by atoms with E-state index < -0.39 is 0 Å². The highest BCUT2D eigenvalue weighted by molar-refractivity contribution is 5.70. The zero-order valence-electron chi connectivity index (χ0n) is 10.2. The van der Waals surface area contributed by atoms with E-state index in [4.69, 9.17) is 10.5 Å². The first-order valence-electron chi connectivity index (χ1n) is 6.03. The van der Waals surface area contributed by atoms with Crippen molar-refractivity contribution in [3.63, 3.8) is 0 Å². The molecule has 1 aromatic rings. The van der Waals surface area contributed by atoms with E-state index in [-0.39, 0.29) is 11.4 Å². The molecule has 1 aliphatic rings. The van der Waals surface area contributed by atoms with E-state index in [1.54, 1.807) is 0 Å². The molecule has 0 bridgehead atoms. The highest BCUT2D eigenvalue weighted by Gasteiger charge is 2.35. The molecule has 0 aliphatic heterocycles. The molecule has 3 nitrogen and oxygen atoms in total. The van der Waals surface area contributed by atoms with Crippen LogP contribution in [0.25, 0.3) is 0 Å². The maximum Gasteiger partial charge on any atom is 0.306 e. The van der Waals surface area contributed by atoms with Crippen LogP contribution in [0.1, 0.15) is 24.0 Å².